The highest BCUT2D eigenvalue weighted by molar-refractivity contribution is 14.0. The molecule has 170 valence electrons. The number of nitrogens with one attached hydrogen (secondary N) is 2. The van der Waals surface area contributed by atoms with Crippen LogP contribution in [-0.4, -0.2) is 86.0 Å². The molecule has 0 aromatic heterocycles. The van der Waals surface area contributed by atoms with Crippen LogP contribution in [0, 0.1) is 5.92 Å². The average Bonchev–Trinajstić information content (AvgIpc) is 3.48. The molecule has 2 atom stereocenters. The monoisotopic (exact) mass is 535 g/mol. The fourth-order valence-electron chi connectivity index (χ4n) is 3.27. The topological polar surface area (TPSA) is 69.2 Å². The number of hydrogen-bond acceptors (Lipinski definition) is 4. The third-order valence-corrected chi connectivity index (χ3v) is 5.18. The van der Waals surface area contributed by atoms with Gasteiger partial charge < -0.3 is 20.3 Å². The maximum Gasteiger partial charge on any atom is 0.407 e. The molecular formula is C18H33F3IN5O2. The molecule has 0 radical (unpaired) electrons. The summed E-state index contributed by atoms with van der Waals surface area (Å²) < 4.78 is 43.7. The lowest BCUT2D eigenvalue weighted by Crippen LogP contribution is -2.57. The summed E-state index contributed by atoms with van der Waals surface area (Å²) in [6.45, 7) is 7.93. The molecule has 0 aromatic carbocycles. The van der Waals surface area contributed by atoms with Crippen LogP contribution in [0.4, 0.5) is 18.0 Å². The molecular weight excluding hydrogens is 502 g/mol. The third-order valence-electron chi connectivity index (χ3n) is 5.18. The van der Waals surface area contributed by atoms with Gasteiger partial charge in [-0.1, -0.05) is 0 Å². The minimum Gasteiger partial charge on any atom is -0.450 e. The first-order valence-corrected chi connectivity index (χ1v) is 10.0. The molecule has 2 unspecified atom stereocenters. The number of amides is 1. The smallest absolute Gasteiger partial charge is 0.407 e. The van der Waals surface area contributed by atoms with Gasteiger partial charge in [-0.05, 0) is 39.5 Å². The van der Waals surface area contributed by atoms with Crippen molar-refractivity contribution in [2.24, 2.45) is 10.9 Å². The second kappa shape index (κ2) is 12.0. The van der Waals surface area contributed by atoms with Gasteiger partial charge >= 0.3 is 12.3 Å². The number of halogens is 4. The van der Waals surface area contributed by atoms with Gasteiger partial charge in [-0.25, -0.2) is 4.79 Å². The molecule has 0 spiro atoms. The Bertz CT molecular complexity index is 538. The van der Waals surface area contributed by atoms with E-state index in [1.54, 1.807) is 6.92 Å². The van der Waals surface area contributed by atoms with E-state index in [1.165, 1.54) is 11.8 Å². The van der Waals surface area contributed by atoms with E-state index in [2.05, 4.69) is 15.6 Å². The summed E-state index contributed by atoms with van der Waals surface area (Å²) in [7, 11) is 0. The number of guanidine groups is 1. The molecule has 1 heterocycles. The zero-order chi connectivity index (χ0) is 20.7. The van der Waals surface area contributed by atoms with Crippen molar-refractivity contribution < 1.29 is 22.7 Å². The first kappa shape index (κ1) is 26.1. The van der Waals surface area contributed by atoms with Gasteiger partial charge in [-0.15, -0.1) is 24.0 Å². The number of aliphatic imine (C=N–C) groups is 1. The number of alkyl halides is 3. The highest BCUT2D eigenvalue weighted by Crippen LogP contribution is 2.33. The summed E-state index contributed by atoms with van der Waals surface area (Å²) >= 11 is 0. The van der Waals surface area contributed by atoms with Crippen LogP contribution in [0.15, 0.2) is 4.99 Å². The lowest BCUT2D eigenvalue weighted by Gasteiger charge is -2.39. The first-order chi connectivity index (χ1) is 13.3. The van der Waals surface area contributed by atoms with Gasteiger partial charge in [-0.2, -0.15) is 13.2 Å². The Morgan fingerprint density at radius 3 is 2.31 bits per heavy atom. The van der Waals surface area contributed by atoms with Crippen LogP contribution >= 0.6 is 24.0 Å². The Balaban J connectivity index is 0.00000420. The number of carbonyl (C=O) groups excluding carboxylic acids is 1. The lowest BCUT2D eigenvalue weighted by atomic mass is 10.2. The summed E-state index contributed by atoms with van der Waals surface area (Å²) in [5.74, 6) is 1.08. The van der Waals surface area contributed by atoms with E-state index in [4.69, 9.17) is 4.74 Å². The Kier molecular flexibility index (Phi) is 10.8. The zero-order valence-electron chi connectivity index (χ0n) is 17.3. The number of rotatable bonds is 7. The average molecular weight is 535 g/mol. The summed E-state index contributed by atoms with van der Waals surface area (Å²) in [6, 6.07) is -1.53. The van der Waals surface area contributed by atoms with Crippen LogP contribution in [-0.2, 0) is 4.74 Å². The van der Waals surface area contributed by atoms with Crippen LogP contribution < -0.4 is 10.6 Å². The van der Waals surface area contributed by atoms with Crippen molar-refractivity contribution in [1.29, 1.82) is 0 Å². The predicted molar refractivity (Wildman–Crippen MR) is 117 cm³/mol. The number of nitrogens with zero attached hydrogens (tertiary/aromatic N) is 3. The molecule has 1 aliphatic carbocycles. The fourth-order valence-corrected chi connectivity index (χ4v) is 3.27. The van der Waals surface area contributed by atoms with Crippen molar-refractivity contribution in [1.82, 2.24) is 20.4 Å². The van der Waals surface area contributed by atoms with Gasteiger partial charge in [0.15, 0.2) is 5.96 Å². The van der Waals surface area contributed by atoms with Gasteiger partial charge in [0.1, 0.15) is 6.04 Å². The maximum absolute atomic E-state index is 12.9. The zero-order valence-corrected chi connectivity index (χ0v) is 19.6. The normalized spacial score (nSPS) is 20.5. The highest BCUT2D eigenvalue weighted by Gasteiger charge is 2.41. The molecule has 1 aliphatic heterocycles. The van der Waals surface area contributed by atoms with E-state index in [-0.39, 0.29) is 30.0 Å². The molecule has 1 amide bonds. The molecule has 1 saturated carbocycles. The summed E-state index contributed by atoms with van der Waals surface area (Å²) in [5, 5.41) is 6.08. The van der Waals surface area contributed by atoms with Crippen molar-refractivity contribution in [3.8, 4) is 0 Å². The van der Waals surface area contributed by atoms with Gasteiger partial charge in [-0.3, -0.25) is 9.89 Å². The number of alkyl carbamates (subject to hydrolysis) is 1. The molecule has 1 saturated heterocycles. The van der Waals surface area contributed by atoms with Crippen LogP contribution in [0.25, 0.3) is 0 Å². The molecule has 2 N–H and O–H groups in total. The predicted octanol–water partition coefficient (Wildman–Crippen LogP) is 2.66. The van der Waals surface area contributed by atoms with E-state index in [0.717, 1.165) is 12.8 Å². The third kappa shape index (κ3) is 8.35. The fraction of sp³-hybridized carbons (Fsp3) is 0.889. The highest BCUT2D eigenvalue weighted by atomic mass is 127. The van der Waals surface area contributed by atoms with Crippen LogP contribution in [0.3, 0.4) is 0 Å². The van der Waals surface area contributed by atoms with E-state index in [0.29, 0.717) is 57.8 Å². The number of ether oxygens (including phenoxy) is 1. The summed E-state index contributed by atoms with van der Waals surface area (Å²) in [4.78, 5) is 19.8. The standard InChI is InChI=1S/C18H32F3N5O2.HI/c1-4-22-16(23-12-15(14-6-7-14)24-17(27)28-5-2)26-10-8-25(9-11-26)13(3)18(19,20)21;/h13-15H,4-12H2,1-3H3,(H,22,23)(H,24,27);1H. The minimum atomic E-state index is -4.21. The molecule has 2 rings (SSSR count). The molecule has 29 heavy (non-hydrogen) atoms. The second-order valence-electron chi connectivity index (χ2n) is 7.24. The maximum atomic E-state index is 12.9. The lowest BCUT2D eigenvalue weighted by molar-refractivity contribution is -0.181. The van der Waals surface area contributed by atoms with Crippen molar-refractivity contribution in [3.05, 3.63) is 0 Å². The van der Waals surface area contributed by atoms with Crippen molar-refractivity contribution in [2.45, 2.75) is 51.9 Å². The van der Waals surface area contributed by atoms with Gasteiger partial charge in [0, 0.05) is 32.7 Å². The van der Waals surface area contributed by atoms with Gasteiger partial charge in [0.25, 0.3) is 0 Å². The van der Waals surface area contributed by atoms with Gasteiger partial charge in [0.2, 0.25) is 0 Å². The largest absolute Gasteiger partial charge is 0.450 e. The quantitative estimate of drug-likeness (QED) is 0.298. The van der Waals surface area contributed by atoms with Crippen LogP contribution in [0.5, 0.6) is 0 Å². The van der Waals surface area contributed by atoms with Crippen LogP contribution in [0.2, 0.25) is 0 Å². The van der Waals surface area contributed by atoms with Crippen molar-refractivity contribution >= 4 is 36.0 Å². The molecule has 2 fully saturated rings. The van der Waals surface area contributed by atoms with Crippen LogP contribution in [0.1, 0.15) is 33.6 Å². The van der Waals surface area contributed by atoms with Crippen molar-refractivity contribution in [2.75, 3.05) is 45.9 Å². The molecule has 2 aliphatic rings. The van der Waals surface area contributed by atoms with E-state index < -0.39 is 18.3 Å². The SMILES string of the molecule is CCNC(=NCC(NC(=O)OCC)C1CC1)N1CCN(C(C)C(F)(F)F)CC1.I. The number of piperazine rings is 1. The Hall–Kier alpha value is -0.980. The Morgan fingerprint density at radius 2 is 1.83 bits per heavy atom. The Morgan fingerprint density at radius 1 is 1.21 bits per heavy atom. The second-order valence-corrected chi connectivity index (χ2v) is 7.24. The molecule has 0 aromatic rings. The molecule has 0 bridgehead atoms. The van der Waals surface area contributed by atoms with E-state index >= 15 is 0 Å². The Labute approximate surface area is 187 Å². The number of hydrogen-bond donors (Lipinski definition) is 2. The van der Waals surface area contributed by atoms with E-state index in [9.17, 15) is 18.0 Å². The van der Waals surface area contributed by atoms with Crippen molar-refractivity contribution in [3.63, 3.8) is 0 Å². The number of carbonyl (C=O) groups is 1. The summed E-state index contributed by atoms with van der Waals surface area (Å²) in [5.41, 5.74) is 0. The van der Waals surface area contributed by atoms with E-state index in [1.807, 2.05) is 11.8 Å². The first-order valence-electron chi connectivity index (χ1n) is 10.0. The van der Waals surface area contributed by atoms with Gasteiger partial charge in [0.05, 0.1) is 19.2 Å². The molecule has 7 nitrogen and oxygen atoms in total. The summed E-state index contributed by atoms with van der Waals surface area (Å²) in [6.07, 6.45) is -2.54. The minimum absolute atomic E-state index is 0. The molecule has 11 heteroatoms.